The molecule has 16 heavy (non-hydrogen) atoms. The Morgan fingerprint density at radius 1 is 0.812 bits per heavy atom. The zero-order chi connectivity index (χ0) is 10.8. The molecule has 0 aliphatic heterocycles. The van der Waals surface area contributed by atoms with Crippen LogP contribution < -0.4 is 0 Å². The molecule has 1 aromatic heterocycles. The number of fused-ring (bicyclic) bond motifs is 1. The molecule has 2 aromatic carbocycles. The maximum absolute atomic E-state index is 3.98. The molecule has 0 radical (unpaired) electrons. The minimum Gasteiger partial charge on any atom is -0.135 e. The van der Waals surface area contributed by atoms with Crippen molar-refractivity contribution in [3.63, 3.8) is 0 Å². The number of benzene rings is 2. The molecule has 4 heteroatoms. The van der Waals surface area contributed by atoms with E-state index in [1.54, 1.807) is 6.20 Å². The topological polar surface area (TPSA) is 51.6 Å². The Labute approximate surface area is 92.0 Å². The summed E-state index contributed by atoms with van der Waals surface area (Å²) in [5.41, 5.74) is 1.77. The molecule has 0 amide bonds. The summed E-state index contributed by atoms with van der Waals surface area (Å²) >= 11 is 0. The van der Waals surface area contributed by atoms with Gasteiger partial charge in [-0.05, 0) is 21.2 Å². The molecule has 0 atom stereocenters. The zero-order valence-electron chi connectivity index (χ0n) is 8.41. The van der Waals surface area contributed by atoms with Gasteiger partial charge in [0.15, 0.2) is 0 Å². The first-order chi connectivity index (χ1) is 7.95. The van der Waals surface area contributed by atoms with E-state index in [1.807, 2.05) is 24.3 Å². The summed E-state index contributed by atoms with van der Waals surface area (Å²) in [4.78, 5) is 0. The number of aromatic nitrogens is 4. The molecule has 4 nitrogen and oxygen atoms in total. The minimum atomic E-state index is 0.742. The predicted octanol–water partition coefficient (Wildman–Crippen LogP) is 2.09. The molecule has 0 saturated carbocycles. The van der Waals surface area contributed by atoms with Crippen LogP contribution in [0.2, 0.25) is 0 Å². The van der Waals surface area contributed by atoms with E-state index in [-0.39, 0.29) is 0 Å². The molecule has 0 aliphatic carbocycles. The van der Waals surface area contributed by atoms with E-state index in [0.29, 0.717) is 0 Å². The maximum Gasteiger partial charge on any atom is 0.116 e. The Balaban J connectivity index is 2.32. The van der Waals surface area contributed by atoms with Crippen LogP contribution in [0, 0.1) is 0 Å². The van der Waals surface area contributed by atoms with Crippen LogP contribution in [-0.2, 0) is 0 Å². The van der Waals surface area contributed by atoms with Crippen molar-refractivity contribution in [1.29, 1.82) is 0 Å². The van der Waals surface area contributed by atoms with Gasteiger partial charge in [0.2, 0.25) is 0 Å². The molecule has 76 valence electrons. The van der Waals surface area contributed by atoms with Gasteiger partial charge in [0.25, 0.3) is 0 Å². The molecule has 0 unspecified atom stereocenters. The second-order valence-corrected chi connectivity index (χ2v) is 3.44. The number of hydrogen-bond acceptors (Lipinski definition) is 4. The molecular formula is C12H8N4. The van der Waals surface area contributed by atoms with Crippen LogP contribution in [0.15, 0.2) is 48.7 Å². The Kier molecular flexibility index (Phi) is 2.04. The van der Waals surface area contributed by atoms with Crippen molar-refractivity contribution < 1.29 is 0 Å². The fraction of sp³-hybridized carbons (Fsp3) is 0. The van der Waals surface area contributed by atoms with Gasteiger partial charge in [0.05, 0.1) is 6.20 Å². The molecule has 0 N–H and O–H groups in total. The lowest BCUT2D eigenvalue weighted by Crippen LogP contribution is -1.93. The van der Waals surface area contributed by atoms with Crippen LogP contribution in [0.1, 0.15) is 0 Å². The highest BCUT2D eigenvalue weighted by atomic mass is 15.4. The number of nitrogens with zero attached hydrogens (tertiary/aromatic N) is 4. The molecule has 0 fully saturated rings. The van der Waals surface area contributed by atoms with Gasteiger partial charge >= 0.3 is 0 Å². The molecule has 0 spiro atoms. The van der Waals surface area contributed by atoms with Crippen LogP contribution in [0.4, 0.5) is 0 Å². The van der Waals surface area contributed by atoms with Crippen molar-refractivity contribution in [2.75, 3.05) is 0 Å². The summed E-state index contributed by atoms with van der Waals surface area (Å²) in [6, 6.07) is 14.2. The lowest BCUT2D eigenvalue weighted by atomic mass is 10.0. The van der Waals surface area contributed by atoms with Crippen molar-refractivity contribution >= 4 is 10.8 Å². The second-order valence-electron chi connectivity index (χ2n) is 3.44. The van der Waals surface area contributed by atoms with Gasteiger partial charge in [-0.2, -0.15) is 0 Å². The van der Waals surface area contributed by atoms with Gasteiger partial charge in [-0.15, -0.1) is 10.2 Å². The van der Waals surface area contributed by atoms with E-state index >= 15 is 0 Å². The van der Waals surface area contributed by atoms with Gasteiger partial charge < -0.3 is 0 Å². The molecule has 0 saturated heterocycles. The van der Waals surface area contributed by atoms with Crippen molar-refractivity contribution in [1.82, 2.24) is 20.6 Å². The van der Waals surface area contributed by atoms with Gasteiger partial charge in [-0.1, -0.05) is 42.5 Å². The van der Waals surface area contributed by atoms with Crippen LogP contribution in [0.5, 0.6) is 0 Å². The summed E-state index contributed by atoms with van der Waals surface area (Å²) in [5.74, 6) is 0. The Morgan fingerprint density at radius 3 is 2.56 bits per heavy atom. The summed E-state index contributed by atoms with van der Waals surface area (Å²) in [6.45, 7) is 0. The highest BCUT2D eigenvalue weighted by Crippen LogP contribution is 2.25. The zero-order valence-corrected chi connectivity index (χ0v) is 8.41. The van der Waals surface area contributed by atoms with E-state index in [9.17, 15) is 0 Å². The normalized spacial score (nSPS) is 10.5. The van der Waals surface area contributed by atoms with E-state index in [0.717, 1.165) is 16.6 Å². The average Bonchev–Trinajstić information content (AvgIpc) is 2.39. The molecular weight excluding hydrogens is 200 g/mol. The minimum absolute atomic E-state index is 0.742. The Bertz CT molecular complexity index is 617. The lowest BCUT2D eigenvalue weighted by molar-refractivity contribution is 0.767. The monoisotopic (exact) mass is 208 g/mol. The SMILES string of the molecule is c1ccc2c(-c3cnnnn3)cccc2c1. The third-order valence-electron chi connectivity index (χ3n) is 2.49. The third-order valence-corrected chi connectivity index (χ3v) is 2.49. The van der Waals surface area contributed by atoms with Crippen LogP contribution in [0.25, 0.3) is 22.0 Å². The quantitative estimate of drug-likeness (QED) is 0.614. The van der Waals surface area contributed by atoms with Crippen LogP contribution in [-0.4, -0.2) is 20.6 Å². The first-order valence-corrected chi connectivity index (χ1v) is 4.94. The smallest absolute Gasteiger partial charge is 0.116 e. The highest BCUT2D eigenvalue weighted by Gasteiger charge is 2.04. The molecule has 3 aromatic rings. The molecule has 0 bridgehead atoms. The summed E-state index contributed by atoms with van der Waals surface area (Å²) in [6.07, 6.45) is 1.62. The second kappa shape index (κ2) is 3.66. The first kappa shape index (κ1) is 8.91. The van der Waals surface area contributed by atoms with Gasteiger partial charge in [0.1, 0.15) is 5.69 Å². The molecule has 1 heterocycles. The number of hydrogen-bond donors (Lipinski definition) is 0. The standard InChI is InChI=1S/C12H8N4/c1-2-6-10-9(4-1)5-3-7-11(10)12-8-13-15-16-14-12/h1-8H. The van der Waals surface area contributed by atoms with Crippen molar-refractivity contribution in [2.45, 2.75) is 0 Å². The fourth-order valence-corrected chi connectivity index (χ4v) is 1.77. The van der Waals surface area contributed by atoms with Crippen LogP contribution in [0.3, 0.4) is 0 Å². The fourth-order valence-electron chi connectivity index (χ4n) is 1.77. The van der Waals surface area contributed by atoms with Gasteiger partial charge in [-0.3, -0.25) is 0 Å². The Hall–Kier alpha value is -2.36. The van der Waals surface area contributed by atoms with Gasteiger partial charge in [0, 0.05) is 5.56 Å². The summed E-state index contributed by atoms with van der Waals surface area (Å²) in [5, 5.41) is 17.0. The van der Waals surface area contributed by atoms with E-state index in [2.05, 4.69) is 38.8 Å². The van der Waals surface area contributed by atoms with E-state index < -0.39 is 0 Å². The van der Waals surface area contributed by atoms with Crippen molar-refractivity contribution in [2.24, 2.45) is 0 Å². The van der Waals surface area contributed by atoms with E-state index in [4.69, 9.17) is 0 Å². The lowest BCUT2D eigenvalue weighted by Gasteiger charge is -2.03. The third kappa shape index (κ3) is 1.40. The van der Waals surface area contributed by atoms with Crippen LogP contribution >= 0.6 is 0 Å². The Morgan fingerprint density at radius 2 is 1.69 bits per heavy atom. The van der Waals surface area contributed by atoms with Crippen molar-refractivity contribution in [3.05, 3.63) is 48.7 Å². The summed E-state index contributed by atoms with van der Waals surface area (Å²) < 4.78 is 0. The predicted molar refractivity (Wildman–Crippen MR) is 60.6 cm³/mol. The average molecular weight is 208 g/mol. The highest BCUT2D eigenvalue weighted by molar-refractivity contribution is 5.95. The van der Waals surface area contributed by atoms with Gasteiger partial charge in [-0.25, -0.2) is 0 Å². The number of rotatable bonds is 1. The first-order valence-electron chi connectivity index (χ1n) is 4.94. The molecule has 3 rings (SSSR count). The van der Waals surface area contributed by atoms with E-state index in [1.165, 1.54) is 5.39 Å². The summed E-state index contributed by atoms with van der Waals surface area (Å²) in [7, 11) is 0. The maximum atomic E-state index is 3.98. The molecule has 0 aliphatic rings. The van der Waals surface area contributed by atoms with Crippen molar-refractivity contribution in [3.8, 4) is 11.3 Å². The largest absolute Gasteiger partial charge is 0.135 e.